The van der Waals surface area contributed by atoms with E-state index in [1.807, 2.05) is 18.2 Å². The van der Waals surface area contributed by atoms with Gasteiger partial charge < -0.3 is 20.5 Å². The van der Waals surface area contributed by atoms with Gasteiger partial charge in [-0.15, -0.1) is 0 Å². The van der Waals surface area contributed by atoms with Crippen LogP contribution in [-0.4, -0.2) is 41.9 Å². The third-order valence-electron chi connectivity index (χ3n) is 5.44. The average Bonchev–Trinajstić information content (AvgIpc) is 2.81. The fourth-order valence-corrected chi connectivity index (χ4v) is 3.93. The number of nitrogens with zero attached hydrogens (tertiary/aromatic N) is 1. The number of aromatic carboxylic acids is 1. The van der Waals surface area contributed by atoms with Gasteiger partial charge in [0.1, 0.15) is 5.75 Å². The van der Waals surface area contributed by atoms with Crippen molar-refractivity contribution in [2.45, 2.75) is 18.6 Å². The van der Waals surface area contributed by atoms with Gasteiger partial charge in [0, 0.05) is 24.3 Å². The summed E-state index contributed by atoms with van der Waals surface area (Å²) in [5.41, 5.74) is 4.08. The highest BCUT2D eigenvalue weighted by atomic mass is 19.4. The van der Waals surface area contributed by atoms with Crippen molar-refractivity contribution in [2.75, 3.05) is 25.0 Å². The van der Waals surface area contributed by atoms with Crippen molar-refractivity contribution in [3.63, 3.8) is 0 Å². The van der Waals surface area contributed by atoms with Gasteiger partial charge in [0.25, 0.3) is 0 Å². The number of fused-ring (bicyclic) bond motifs is 1. The summed E-state index contributed by atoms with van der Waals surface area (Å²) >= 11 is 0. The minimum Gasteiger partial charge on any atom is -0.483 e. The maximum atomic E-state index is 12.6. The highest BCUT2D eigenvalue weighted by Crippen LogP contribution is 2.34. The maximum absolute atomic E-state index is 12.6. The van der Waals surface area contributed by atoms with Crippen LogP contribution in [-0.2, 0) is 6.42 Å². The van der Waals surface area contributed by atoms with Crippen LogP contribution in [0.15, 0.2) is 60.9 Å². The van der Waals surface area contributed by atoms with Crippen LogP contribution in [0, 0.1) is 0 Å². The minimum atomic E-state index is -4.41. The Balaban J connectivity index is 1.55. The van der Waals surface area contributed by atoms with Crippen molar-refractivity contribution in [1.29, 1.82) is 0 Å². The lowest BCUT2D eigenvalue weighted by Crippen LogP contribution is -2.34. The van der Waals surface area contributed by atoms with Crippen LogP contribution in [0.5, 0.6) is 5.75 Å². The fourth-order valence-electron chi connectivity index (χ4n) is 3.93. The first kappa shape index (κ1) is 22.6. The molecule has 1 atom stereocenters. The zero-order valence-electron chi connectivity index (χ0n) is 17.5. The van der Waals surface area contributed by atoms with Gasteiger partial charge in [-0.05, 0) is 41.8 Å². The number of carboxylic acid groups (broad SMARTS) is 1. The molecule has 0 bridgehead atoms. The zero-order valence-corrected chi connectivity index (χ0v) is 17.5. The number of alkyl halides is 3. The number of carbonyl (C=O) groups is 1. The summed E-state index contributed by atoms with van der Waals surface area (Å²) in [5.74, 6) is -0.854. The summed E-state index contributed by atoms with van der Waals surface area (Å²) in [5, 5.41) is 15.9. The Morgan fingerprint density at radius 2 is 2.03 bits per heavy atom. The van der Waals surface area contributed by atoms with Crippen molar-refractivity contribution in [3.8, 4) is 16.9 Å². The lowest BCUT2D eigenvalue weighted by Gasteiger charge is -2.28. The number of carboxylic acids is 1. The smallest absolute Gasteiger partial charge is 0.422 e. The van der Waals surface area contributed by atoms with Crippen LogP contribution in [0.3, 0.4) is 0 Å². The molecule has 9 heteroatoms. The molecular weight excluding hydrogens is 435 g/mol. The van der Waals surface area contributed by atoms with E-state index in [0.29, 0.717) is 24.3 Å². The number of rotatable bonds is 7. The highest BCUT2D eigenvalue weighted by molar-refractivity contribution is 5.93. The second-order valence-corrected chi connectivity index (χ2v) is 7.68. The predicted molar refractivity (Wildman–Crippen MR) is 118 cm³/mol. The number of anilines is 1. The number of ether oxygens (including phenoxy) is 1. The van der Waals surface area contributed by atoms with Gasteiger partial charge in [0.15, 0.2) is 6.61 Å². The molecule has 0 amide bonds. The van der Waals surface area contributed by atoms with E-state index < -0.39 is 18.8 Å². The second kappa shape index (κ2) is 9.50. The summed E-state index contributed by atoms with van der Waals surface area (Å²) in [4.78, 5) is 15.4. The predicted octanol–water partition coefficient (Wildman–Crippen LogP) is 4.69. The summed E-state index contributed by atoms with van der Waals surface area (Å²) in [6, 6.07) is 13.8. The molecule has 0 saturated carbocycles. The number of aromatic nitrogens is 1. The Kier molecular flexibility index (Phi) is 6.50. The SMILES string of the molecule is O=C(O)c1ccncc1NC[C@H]1NCCc2cc(-c3ccccc3OCC(F)(F)F)ccc21. The Labute approximate surface area is 188 Å². The van der Waals surface area contributed by atoms with Gasteiger partial charge >= 0.3 is 12.1 Å². The molecule has 6 nitrogen and oxygen atoms in total. The molecule has 0 unspecified atom stereocenters. The van der Waals surface area contributed by atoms with Crippen molar-refractivity contribution >= 4 is 11.7 Å². The summed E-state index contributed by atoms with van der Waals surface area (Å²) in [6.45, 7) is -0.184. The molecule has 0 spiro atoms. The van der Waals surface area contributed by atoms with Crippen molar-refractivity contribution in [3.05, 3.63) is 77.6 Å². The molecule has 3 N–H and O–H groups in total. The molecule has 0 saturated heterocycles. The lowest BCUT2D eigenvalue weighted by atomic mass is 9.90. The van der Waals surface area contributed by atoms with Crippen LogP contribution >= 0.6 is 0 Å². The van der Waals surface area contributed by atoms with Crippen molar-refractivity contribution in [1.82, 2.24) is 10.3 Å². The molecule has 0 fully saturated rings. The minimum absolute atomic E-state index is 0.0682. The molecule has 33 heavy (non-hydrogen) atoms. The van der Waals surface area contributed by atoms with Gasteiger partial charge in [-0.2, -0.15) is 13.2 Å². The van der Waals surface area contributed by atoms with Crippen LogP contribution in [0.2, 0.25) is 0 Å². The first-order valence-corrected chi connectivity index (χ1v) is 10.4. The number of para-hydroxylation sites is 1. The van der Waals surface area contributed by atoms with Gasteiger partial charge in [-0.25, -0.2) is 4.79 Å². The van der Waals surface area contributed by atoms with E-state index in [0.717, 1.165) is 23.1 Å². The van der Waals surface area contributed by atoms with Crippen molar-refractivity contribution in [2.24, 2.45) is 0 Å². The summed E-state index contributed by atoms with van der Waals surface area (Å²) in [7, 11) is 0. The lowest BCUT2D eigenvalue weighted by molar-refractivity contribution is -0.153. The first-order valence-electron chi connectivity index (χ1n) is 10.4. The van der Waals surface area contributed by atoms with Gasteiger partial charge in [0.05, 0.1) is 17.4 Å². The Morgan fingerprint density at radius 1 is 1.21 bits per heavy atom. The average molecular weight is 457 g/mol. The first-order chi connectivity index (χ1) is 15.8. The molecule has 4 rings (SSSR count). The molecule has 172 valence electrons. The van der Waals surface area contributed by atoms with E-state index in [9.17, 15) is 23.1 Å². The number of benzene rings is 2. The standard InChI is InChI=1S/C24H22F3N3O3/c25-24(26,27)14-33-22-4-2-1-3-18(22)15-5-6-17-16(11-15)7-10-29-21(17)13-30-20-12-28-9-8-19(20)23(31)32/h1-6,8-9,11-12,21,29-30H,7,10,13-14H2,(H,31,32)/t21-/m1/s1. The van der Waals surface area contributed by atoms with Gasteiger partial charge in [-0.3, -0.25) is 4.98 Å². The van der Waals surface area contributed by atoms with E-state index >= 15 is 0 Å². The number of hydrogen-bond acceptors (Lipinski definition) is 5. The largest absolute Gasteiger partial charge is 0.483 e. The van der Waals surface area contributed by atoms with E-state index in [4.69, 9.17) is 4.74 Å². The van der Waals surface area contributed by atoms with Crippen molar-refractivity contribution < 1.29 is 27.8 Å². The fraction of sp³-hybridized carbons (Fsp3) is 0.250. The molecule has 2 aromatic carbocycles. The quantitative estimate of drug-likeness (QED) is 0.478. The van der Waals surface area contributed by atoms with Gasteiger partial charge in [-0.1, -0.05) is 36.4 Å². The summed E-state index contributed by atoms with van der Waals surface area (Å²) in [6.07, 6.45) is -0.739. The van der Waals surface area contributed by atoms with Crippen LogP contribution in [0.4, 0.5) is 18.9 Å². The normalized spacial score (nSPS) is 15.5. The number of nitrogens with one attached hydrogen (secondary N) is 2. The van der Waals surface area contributed by atoms with E-state index in [-0.39, 0.29) is 17.4 Å². The van der Waals surface area contributed by atoms with Gasteiger partial charge in [0.2, 0.25) is 0 Å². The second-order valence-electron chi connectivity index (χ2n) is 7.68. The van der Waals surface area contributed by atoms with E-state index in [1.54, 1.807) is 18.2 Å². The number of halogens is 3. The highest BCUT2D eigenvalue weighted by Gasteiger charge is 2.29. The molecule has 0 radical (unpaired) electrons. The Morgan fingerprint density at radius 3 is 2.82 bits per heavy atom. The number of hydrogen-bond donors (Lipinski definition) is 3. The summed E-state index contributed by atoms with van der Waals surface area (Å²) < 4.78 is 42.9. The molecular formula is C24H22F3N3O3. The molecule has 1 aliphatic heterocycles. The number of pyridine rings is 1. The van der Waals surface area contributed by atoms with Crippen LogP contribution in [0.25, 0.3) is 11.1 Å². The molecule has 2 heterocycles. The Bertz CT molecular complexity index is 1150. The molecule has 1 aliphatic rings. The third-order valence-corrected chi connectivity index (χ3v) is 5.44. The molecule has 0 aliphatic carbocycles. The molecule has 3 aromatic rings. The Hall–Kier alpha value is -3.59. The third kappa shape index (κ3) is 5.43. The van der Waals surface area contributed by atoms with E-state index in [2.05, 4.69) is 15.6 Å². The van der Waals surface area contributed by atoms with E-state index in [1.165, 1.54) is 24.5 Å². The molecule has 1 aromatic heterocycles. The monoisotopic (exact) mass is 457 g/mol. The topological polar surface area (TPSA) is 83.5 Å². The van der Waals surface area contributed by atoms with Crippen LogP contribution in [0.1, 0.15) is 27.5 Å². The maximum Gasteiger partial charge on any atom is 0.422 e. The zero-order chi connectivity index (χ0) is 23.4. The van der Waals surface area contributed by atoms with Crippen LogP contribution < -0.4 is 15.4 Å².